The van der Waals surface area contributed by atoms with Crippen molar-refractivity contribution in [3.8, 4) is 11.1 Å². The lowest BCUT2D eigenvalue weighted by Crippen LogP contribution is -2.13. The Labute approximate surface area is 211 Å². The van der Waals surface area contributed by atoms with Crippen molar-refractivity contribution in [1.29, 1.82) is 0 Å². The summed E-state index contributed by atoms with van der Waals surface area (Å²) in [5.74, 6) is 0.954. The van der Waals surface area contributed by atoms with Crippen molar-refractivity contribution in [1.82, 2.24) is 4.98 Å². The summed E-state index contributed by atoms with van der Waals surface area (Å²) in [7, 11) is 0. The maximum atomic E-state index is 12.5. The summed E-state index contributed by atoms with van der Waals surface area (Å²) in [5.41, 5.74) is 6.45. The van der Waals surface area contributed by atoms with E-state index in [1.807, 2.05) is 20.0 Å². The van der Waals surface area contributed by atoms with Crippen LogP contribution in [0.4, 0.5) is 4.39 Å². The van der Waals surface area contributed by atoms with E-state index in [2.05, 4.69) is 89.9 Å². The third-order valence-corrected chi connectivity index (χ3v) is 6.69. The van der Waals surface area contributed by atoms with Crippen LogP contribution >= 0.6 is 0 Å². The Kier molecular flexibility index (Phi) is 16.5. The first-order valence-electron chi connectivity index (χ1n) is 13.4. The van der Waals surface area contributed by atoms with Crippen LogP contribution in [0.2, 0.25) is 0 Å². The molecule has 1 nitrogen and oxygen atoms in total. The SMILES string of the molecule is CC/C=C\c1ncc(-c2ccc(C)c(C)c2)cc1C.CCC(C)(F)CC.CCCCC(C)CC. The molecule has 34 heavy (non-hydrogen) atoms. The molecule has 0 saturated carbocycles. The molecule has 1 unspecified atom stereocenters. The fraction of sp³-hybridized carbons (Fsp3) is 0.594. The Balaban J connectivity index is 0.000000602. The van der Waals surface area contributed by atoms with Gasteiger partial charge in [0, 0.05) is 11.8 Å². The number of aryl methyl sites for hydroxylation is 3. The molecule has 1 heterocycles. The van der Waals surface area contributed by atoms with Crippen LogP contribution in [-0.4, -0.2) is 10.7 Å². The van der Waals surface area contributed by atoms with E-state index >= 15 is 0 Å². The molecule has 0 fully saturated rings. The van der Waals surface area contributed by atoms with Gasteiger partial charge in [-0.15, -0.1) is 0 Å². The number of unbranched alkanes of at least 4 members (excludes halogenated alkanes) is 1. The van der Waals surface area contributed by atoms with Crippen LogP contribution in [0.3, 0.4) is 0 Å². The topological polar surface area (TPSA) is 12.9 Å². The largest absolute Gasteiger partial charge is 0.256 e. The van der Waals surface area contributed by atoms with Gasteiger partial charge in [-0.05, 0) is 87.3 Å². The molecule has 0 radical (unpaired) electrons. The van der Waals surface area contributed by atoms with Crippen LogP contribution in [0.15, 0.2) is 36.5 Å². The normalized spacial score (nSPS) is 12.0. The minimum absolute atomic E-state index is 0.628. The Hall–Kier alpha value is -1.96. The smallest absolute Gasteiger partial charge is 0.107 e. The number of aromatic nitrogens is 1. The van der Waals surface area contributed by atoms with Crippen LogP contribution in [0.25, 0.3) is 17.2 Å². The molecule has 1 aromatic carbocycles. The van der Waals surface area contributed by atoms with Gasteiger partial charge in [0.25, 0.3) is 0 Å². The fourth-order valence-corrected chi connectivity index (χ4v) is 3.07. The average molecular weight is 470 g/mol. The molecule has 1 atom stereocenters. The molecule has 1 aromatic heterocycles. The summed E-state index contributed by atoms with van der Waals surface area (Å²) in [4.78, 5) is 4.56. The van der Waals surface area contributed by atoms with Crippen molar-refractivity contribution in [3.05, 3.63) is 58.9 Å². The van der Waals surface area contributed by atoms with Crippen LogP contribution in [0.5, 0.6) is 0 Å². The zero-order valence-corrected chi connectivity index (χ0v) is 23.9. The third-order valence-electron chi connectivity index (χ3n) is 6.69. The van der Waals surface area contributed by atoms with Gasteiger partial charge in [0.1, 0.15) is 5.67 Å². The standard InChI is InChI=1S/C18H21N.C8H18.C6H13F/c1-5-6-7-18-15(4)11-17(12-19-18)16-9-8-13(2)14(3)10-16;1-4-6-7-8(3)5-2;1-4-6(3,7)5-2/h6-12H,5H2,1-4H3;8H,4-7H2,1-3H3;4-5H2,1-3H3/b7-6-;;. The number of alkyl halides is 1. The number of halogens is 1. The number of rotatable bonds is 9. The number of pyridine rings is 1. The van der Waals surface area contributed by atoms with Gasteiger partial charge >= 0.3 is 0 Å². The van der Waals surface area contributed by atoms with Crippen LogP contribution in [-0.2, 0) is 0 Å². The summed E-state index contributed by atoms with van der Waals surface area (Å²) >= 11 is 0. The highest BCUT2D eigenvalue weighted by Crippen LogP contribution is 2.23. The molecule has 0 aliphatic rings. The Morgan fingerprint density at radius 2 is 1.53 bits per heavy atom. The first-order chi connectivity index (χ1) is 16.0. The van der Waals surface area contributed by atoms with Gasteiger partial charge in [0.15, 0.2) is 0 Å². The second kappa shape index (κ2) is 17.5. The monoisotopic (exact) mass is 469 g/mol. The molecule has 0 spiro atoms. The lowest BCUT2D eigenvalue weighted by atomic mass is 10.0. The van der Waals surface area contributed by atoms with Crippen molar-refractivity contribution < 1.29 is 4.39 Å². The second-order valence-corrected chi connectivity index (χ2v) is 9.81. The summed E-state index contributed by atoms with van der Waals surface area (Å²) in [6.07, 6.45) is 14.0. The van der Waals surface area contributed by atoms with Gasteiger partial charge < -0.3 is 0 Å². The number of hydrogen-bond donors (Lipinski definition) is 0. The molecule has 2 aromatic rings. The summed E-state index contributed by atoms with van der Waals surface area (Å²) < 4.78 is 12.5. The van der Waals surface area contributed by atoms with Crippen molar-refractivity contribution >= 4 is 6.08 Å². The molecule has 2 heteroatoms. The quantitative estimate of drug-likeness (QED) is 0.356. The van der Waals surface area contributed by atoms with Gasteiger partial charge in [-0.25, -0.2) is 4.39 Å². The van der Waals surface area contributed by atoms with Gasteiger partial charge in [-0.3, -0.25) is 4.98 Å². The molecule has 0 saturated heterocycles. The average Bonchev–Trinajstić information content (AvgIpc) is 2.84. The molecule has 0 bridgehead atoms. The first kappa shape index (κ1) is 32.0. The lowest BCUT2D eigenvalue weighted by molar-refractivity contribution is 0.177. The summed E-state index contributed by atoms with van der Waals surface area (Å²) in [6.45, 7) is 20.7. The van der Waals surface area contributed by atoms with E-state index in [-0.39, 0.29) is 0 Å². The molecule has 2 rings (SSSR count). The number of hydrogen-bond acceptors (Lipinski definition) is 1. The lowest BCUT2D eigenvalue weighted by Gasteiger charge is -2.13. The molecule has 0 N–H and O–H groups in total. The fourth-order valence-electron chi connectivity index (χ4n) is 3.07. The van der Waals surface area contributed by atoms with Gasteiger partial charge in [0.2, 0.25) is 0 Å². The van der Waals surface area contributed by atoms with Crippen LogP contribution in [0, 0.1) is 26.7 Å². The highest BCUT2D eigenvalue weighted by Gasteiger charge is 2.15. The van der Waals surface area contributed by atoms with E-state index in [0.29, 0.717) is 12.8 Å². The minimum atomic E-state index is -0.917. The van der Waals surface area contributed by atoms with Crippen LogP contribution in [0.1, 0.15) is 116 Å². The van der Waals surface area contributed by atoms with E-state index in [1.165, 1.54) is 53.5 Å². The van der Waals surface area contributed by atoms with Gasteiger partial charge in [-0.1, -0.05) is 91.5 Å². The zero-order valence-electron chi connectivity index (χ0n) is 23.9. The second-order valence-electron chi connectivity index (χ2n) is 9.81. The van der Waals surface area contributed by atoms with E-state index in [0.717, 1.165) is 18.0 Å². The highest BCUT2D eigenvalue weighted by atomic mass is 19.1. The van der Waals surface area contributed by atoms with E-state index in [4.69, 9.17) is 0 Å². The van der Waals surface area contributed by atoms with Crippen molar-refractivity contribution in [3.63, 3.8) is 0 Å². The molecular formula is C32H52FN. The number of benzene rings is 1. The number of nitrogens with zero attached hydrogens (tertiary/aromatic N) is 1. The maximum absolute atomic E-state index is 12.5. The molecule has 0 aliphatic heterocycles. The molecular weight excluding hydrogens is 417 g/mol. The van der Waals surface area contributed by atoms with Gasteiger partial charge in [0.05, 0.1) is 5.69 Å². The summed E-state index contributed by atoms with van der Waals surface area (Å²) in [6, 6.07) is 8.78. The van der Waals surface area contributed by atoms with E-state index < -0.39 is 5.67 Å². The molecule has 192 valence electrons. The predicted molar refractivity (Wildman–Crippen MR) is 152 cm³/mol. The van der Waals surface area contributed by atoms with Crippen molar-refractivity contribution in [2.75, 3.05) is 0 Å². The Bertz CT molecular complexity index is 829. The zero-order chi connectivity index (χ0) is 26.1. The Morgan fingerprint density at radius 1 is 0.912 bits per heavy atom. The maximum Gasteiger partial charge on any atom is 0.107 e. The van der Waals surface area contributed by atoms with E-state index in [9.17, 15) is 4.39 Å². The molecule has 0 aliphatic carbocycles. The highest BCUT2D eigenvalue weighted by molar-refractivity contribution is 5.66. The van der Waals surface area contributed by atoms with Crippen molar-refractivity contribution in [2.45, 2.75) is 120 Å². The Morgan fingerprint density at radius 3 is 1.97 bits per heavy atom. The summed E-state index contributed by atoms with van der Waals surface area (Å²) in [5, 5.41) is 0. The molecule has 0 amide bonds. The predicted octanol–water partition coefficient (Wildman–Crippen LogP) is 10.9. The number of allylic oxidation sites excluding steroid dienone is 1. The third kappa shape index (κ3) is 13.1. The van der Waals surface area contributed by atoms with Crippen molar-refractivity contribution in [2.24, 2.45) is 5.92 Å². The van der Waals surface area contributed by atoms with Crippen LogP contribution < -0.4 is 0 Å². The van der Waals surface area contributed by atoms with E-state index in [1.54, 1.807) is 6.92 Å². The minimum Gasteiger partial charge on any atom is -0.256 e. The van der Waals surface area contributed by atoms with Gasteiger partial charge in [-0.2, -0.15) is 0 Å². The first-order valence-corrected chi connectivity index (χ1v) is 13.4.